The average Bonchev–Trinajstić information content (AvgIpc) is 2.28. The number of nitrogens with one attached hydrogen (secondary N) is 1. The van der Waals surface area contributed by atoms with Gasteiger partial charge >= 0.3 is 0 Å². The van der Waals surface area contributed by atoms with E-state index in [1.807, 2.05) is 25.1 Å². The molecular formula is C14H20N2OS. The fraction of sp³-hybridized carbons (Fsp3) is 0.429. The van der Waals surface area contributed by atoms with E-state index < -0.39 is 0 Å². The van der Waals surface area contributed by atoms with Gasteiger partial charge in [0, 0.05) is 18.5 Å². The molecule has 0 unspecified atom stereocenters. The van der Waals surface area contributed by atoms with Gasteiger partial charge in [0.15, 0.2) is 0 Å². The van der Waals surface area contributed by atoms with Gasteiger partial charge in [0.2, 0.25) is 5.91 Å². The van der Waals surface area contributed by atoms with Gasteiger partial charge in [-0.1, -0.05) is 44.3 Å². The van der Waals surface area contributed by atoms with Crippen LogP contribution in [0.25, 0.3) is 0 Å². The summed E-state index contributed by atoms with van der Waals surface area (Å²) in [5.74, 6) is 0.329. The number of hydrogen-bond donors (Lipinski definition) is 2. The number of thiocarbonyl (C=S) groups is 1. The van der Waals surface area contributed by atoms with E-state index in [0.29, 0.717) is 23.7 Å². The Balaban J connectivity index is 2.83. The maximum atomic E-state index is 11.8. The Morgan fingerprint density at radius 1 is 1.39 bits per heavy atom. The third-order valence-corrected chi connectivity index (χ3v) is 2.99. The second-order valence-electron chi connectivity index (χ2n) is 4.71. The number of amides is 1. The molecule has 0 bridgehead atoms. The SMILES string of the molecule is Cc1cccc(C(C)C)c1NC(=O)CCC(N)=S. The van der Waals surface area contributed by atoms with Crippen LogP contribution < -0.4 is 11.1 Å². The van der Waals surface area contributed by atoms with Crippen molar-refractivity contribution in [2.24, 2.45) is 5.73 Å². The summed E-state index contributed by atoms with van der Waals surface area (Å²) in [5.41, 5.74) is 8.54. The number of hydrogen-bond acceptors (Lipinski definition) is 2. The molecule has 1 rings (SSSR count). The fourth-order valence-electron chi connectivity index (χ4n) is 1.78. The standard InChI is InChI=1S/C14H20N2OS/c1-9(2)11-6-4-5-10(3)14(11)16-13(17)8-7-12(15)18/h4-6,9H,7-8H2,1-3H3,(H2,15,18)(H,16,17). The zero-order valence-electron chi connectivity index (χ0n) is 11.1. The van der Waals surface area contributed by atoms with Gasteiger partial charge in [0.1, 0.15) is 0 Å². The predicted molar refractivity (Wildman–Crippen MR) is 79.9 cm³/mol. The van der Waals surface area contributed by atoms with Crippen LogP contribution in [0.5, 0.6) is 0 Å². The third-order valence-electron chi connectivity index (χ3n) is 2.79. The summed E-state index contributed by atoms with van der Waals surface area (Å²) in [7, 11) is 0. The smallest absolute Gasteiger partial charge is 0.224 e. The molecule has 1 amide bonds. The molecule has 0 saturated heterocycles. The van der Waals surface area contributed by atoms with Crippen LogP contribution in [0.3, 0.4) is 0 Å². The lowest BCUT2D eigenvalue weighted by Crippen LogP contribution is -2.17. The first kappa shape index (κ1) is 14.6. The van der Waals surface area contributed by atoms with Crippen molar-refractivity contribution in [1.29, 1.82) is 0 Å². The van der Waals surface area contributed by atoms with E-state index in [0.717, 1.165) is 16.8 Å². The lowest BCUT2D eigenvalue weighted by atomic mass is 9.98. The molecular weight excluding hydrogens is 244 g/mol. The first-order valence-electron chi connectivity index (χ1n) is 6.09. The molecule has 0 saturated carbocycles. The second kappa shape index (κ2) is 6.50. The molecule has 1 aromatic carbocycles. The van der Waals surface area contributed by atoms with Gasteiger partial charge in [0.25, 0.3) is 0 Å². The summed E-state index contributed by atoms with van der Waals surface area (Å²) in [6, 6.07) is 6.05. The van der Waals surface area contributed by atoms with E-state index in [1.54, 1.807) is 0 Å². The van der Waals surface area contributed by atoms with Gasteiger partial charge in [-0.3, -0.25) is 4.79 Å². The highest BCUT2D eigenvalue weighted by Gasteiger charge is 2.11. The van der Waals surface area contributed by atoms with E-state index in [2.05, 4.69) is 19.2 Å². The molecule has 0 aliphatic rings. The number of rotatable bonds is 5. The van der Waals surface area contributed by atoms with Crippen molar-refractivity contribution in [2.45, 2.75) is 39.5 Å². The van der Waals surface area contributed by atoms with Crippen molar-refractivity contribution in [2.75, 3.05) is 5.32 Å². The van der Waals surface area contributed by atoms with Gasteiger partial charge in [-0.15, -0.1) is 0 Å². The van der Waals surface area contributed by atoms with Gasteiger partial charge < -0.3 is 11.1 Å². The molecule has 0 atom stereocenters. The minimum Gasteiger partial charge on any atom is -0.393 e. The van der Waals surface area contributed by atoms with E-state index in [-0.39, 0.29) is 5.91 Å². The number of carbonyl (C=O) groups excluding carboxylic acids is 1. The van der Waals surface area contributed by atoms with Gasteiger partial charge in [0.05, 0.1) is 4.99 Å². The van der Waals surface area contributed by atoms with E-state index in [1.165, 1.54) is 0 Å². The van der Waals surface area contributed by atoms with E-state index >= 15 is 0 Å². The molecule has 0 spiro atoms. The number of anilines is 1. The Morgan fingerprint density at radius 2 is 2.06 bits per heavy atom. The maximum Gasteiger partial charge on any atom is 0.224 e. The first-order valence-corrected chi connectivity index (χ1v) is 6.50. The maximum absolute atomic E-state index is 11.8. The monoisotopic (exact) mass is 264 g/mol. The summed E-state index contributed by atoms with van der Waals surface area (Å²) in [4.78, 5) is 12.2. The summed E-state index contributed by atoms with van der Waals surface area (Å²) in [5, 5.41) is 2.96. The molecule has 0 radical (unpaired) electrons. The largest absolute Gasteiger partial charge is 0.393 e. The minimum absolute atomic E-state index is 0.0426. The molecule has 3 nitrogen and oxygen atoms in total. The van der Waals surface area contributed by atoms with Crippen molar-refractivity contribution >= 4 is 28.8 Å². The van der Waals surface area contributed by atoms with Crippen LogP contribution in [0.15, 0.2) is 18.2 Å². The number of carbonyl (C=O) groups is 1. The number of benzene rings is 1. The molecule has 3 N–H and O–H groups in total. The number of para-hydroxylation sites is 1. The molecule has 1 aromatic rings. The van der Waals surface area contributed by atoms with Gasteiger partial charge in [-0.25, -0.2) is 0 Å². The quantitative estimate of drug-likeness (QED) is 0.803. The molecule has 0 aliphatic heterocycles. The minimum atomic E-state index is -0.0426. The van der Waals surface area contributed by atoms with Crippen molar-refractivity contribution in [3.63, 3.8) is 0 Å². The molecule has 0 aromatic heterocycles. The molecule has 98 valence electrons. The second-order valence-corrected chi connectivity index (χ2v) is 5.23. The highest BCUT2D eigenvalue weighted by atomic mass is 32.1. The summed E-state index contributed by atoms with van der Waals surface area (Å²) in [6.45, 7) is 6.22. The van der Waals surface area contributed by atoms with E-state index in [9.17, 15) is 4.79 Å². The third kappa shape index (κ3) is 4.11. The van der Waals surface area contributed by atoms with Crippen LogP contribution >= 0.6 is 12.2 Å². The lowest BCUT2D eigenvalue weighted by molar-refractivity contribution is -0.116. The topological polar surface area (TPSA) is 55.1 Å². The Morgan fingerprint density at radius 3 is 2.61 bits per heavy atom. The highest BCUT2D eigenvalue weighted by molar-refractivity contribution is 7.80. The van der Waals surface area contributed by atoms with Crippen LogP contribution in [0.1, 0.15) is 43.7 Å². The number of aryl methyl sites for hydroxylation is 1. The Bertz CT molecular complexity index is 455. The highest BCUT2D eigenvalue weighted by Crippen LogP contribution is 2.27. The van der Waals surface area contributed by atoms with Crippen LogP contribution in [0, 0.1) is 6.92 Å². The summed E-state index contributed by atoms with van der Waals surface area (Å²) >= 11 is 4.77. The van der Waals surface area contributed by atoms with Crippen LogP contribution in [-0.4, -0.2) is 10.9 Å². The van der Waals surface area contributed by atoms with Gasteiger partial charge in [-0.05, 0) is 24.0 Å². The zero-order chi connectivity index (χ0) is 13.7. The first-order chi connectivity index (χ1) is 8.41. The average molecular weight is 264 g/mol. The Kier molecular flexibility index (Phi) is 5.28. The number of nitrogens with two attached hydrogens (primary N) is 1. The molecule has 4 heteroatoms. The van der Waals surface area contributed by atoms with Gasteiger partial charge in [-0.2, -0.15) is 0 Å². The van der Waals surface area contributed by atoms with Crippen molar-refractivity contribution in [1.82, 2.24) is 0 Å². The van der Waals surface area contributed by atoms with Crippen LogP contribution in [0.4, 0.5) is 5.69 Å². The lowest BCUT2D eigenvalue weighted by Gasteiger charge is -2.16. The normalized spacial score (nSPS) is 10.4. The van der Waals surface area contributed by atoms with Crippen LogP contribution in [0.2, 0.25) is 0 Å². The van der Waals surface area contributed by atoms with Crippen molar-refractivity contribution in [3.05, 3.63) is 29.3 Å². The predicted octanol–water partition coefficient (Wildman–Crippen LogP) is 3.12. The Labute approximate surface area is 114 Å². The molecule has 0 aliphatic carbocycles. The molecule has 18 heavy (non-hydrogen) atoms. The molecule has 0 heterocycles. The molecule has 0 fully saturated rings. The Hall–Kier alpha value is -1.42. The fourth-order valence-corrected chi connectivity index (χ4v) is 1.88. The van der Waals surface area contributed by atoms with E-state index in [4.69, 9.17) is 18.0 Å². The van der Waals surface area contributed by atoms with Crippen molar-refractivity contribution in [3.8, 4) is 0 Å². The van der Waals surface area contributed by atoms with Crippen LogP contribution in [-0.2, 0) is 4.79 Å². The zero-order valence-corrected chi connectivity index (χ0v) is 11.9. The summed E-state index contributed by atoms with van der Waals surface area (Å²) < 4.78 is 0. The van der Waals surface area contributed by atoms with Crippen molar-refractivity contribution < 1.29 is 4.79 Å². The summed E-state index contributed by atoms with van der Waals surface area (Å²) in [6.07, 6.45) is 0.783.